The van der Waals surface area contributed by atoms with Gasteiger partial charge in [-0.3, -0.25) is 5.32 Å². The summed E-state index contributed by atoms with van der Waals surface area (Å²) < 4.78 is 0.285. The van der Waals surface area contributed by atoms with E-state index in [1.165, 1.54) is 0 Å². The molecule has 0 aliphatic carbocycles. The molecule has 2 atom stereocenters. The SMILES string of the molecule is N#CC1NC=PC1Br. The Morgan fingerprint density at radius 1 is 1.88 bits per heavy atom. The maximum absolute atomic E-state index is 8.37. The van der Waals surface area contributed by atoms with Gasteiger partial charge in [0, 0.05) is 5.92 Å². The van der Waals surface area contributed by atoms with Gasteiger partial charge in [0.2, 0.25) is 0 Å². The molecule has 0 saturated heterocycles. The number of alkyl halides is 1. The molecule has 2 nitrogen and oxygen atoms in total. The average molecular weight is 191 g/mol. The maximum atomic E-state index is 8.37. The first-order valence-corrected chi connectivity index (χ1v) is 4.11. The molecule has 1 N–H and O–H groups in total. The Balaban J connectivity index is 2.54. The molecular weight excluding hydrogens is 187 g/mol. The molecule has 0 fully saturated rings. The lowest BCUT2D eigenvalue weighted by Crippen LogP contribution is -2.25. The summed E-state index contributed by atoms with van der Waals surface area (Å²) in [5, 5.41) is 11.3. The van der Waals surface area contributed by atoms with Crippen LogP contribution in [0.2, 0.25) is 0 Å². The normalized spacial score (nSPS) is 37.0. The van der Waals surface area contributed by atoms with Crippen LogP contribution in [0, 0.1) is 11.3 Å². The predicted octanol–water partition coefficient (Wildman–Crippen LogP) is 0.909. The summed E-state index contributed by atoms with van der Waals surface area (Å²) in [5.74, 6) is 1.88. The molecule has 1 aliphatic rings. The minimum Gasteiger partial charge on any atom is -0.274 e. The van der Waals surface area contributed by atoms with Crippen molar-refractivity contribution in [2.24, 2.45) is 0 Å². The molecule has 0 aromatic heterocycles. The molecule has 0 bridgehead atoms. The van der Waals surface area contributed by atoms with Crippen LogP contribution >= 0.6 is 24.1 Å². The summed E-state index contributed by atoms with van der Waals surface area (Å²) >= 11 is 3.34. The van der Waals surface area contributed by atoms with Crippen molar-refractivity contribution in [3.05, 3.63) is 0 Å². The summed E-state index contributed by atoms with van der Waals surface area (Å²) in [4.78, 5) is 0. The van der Waals surface area contributed by atoms with Gasteiger partial charge in [-0.1, -0.05) is 24.1 Å². The van der Waals surface area contributed by atoms with E-state index in [2.05, 4.69) is 27.3 Å². The third-order valence-corrected chi connectivity index (χ3v) is 3.00. The lowest BCUT2D eigenvalue weighted by Gasteiger charge is -2.00. The molecule has 0 aromatic rings. The fourth-order valence-corrected chi connectivity index (χ4v) is 1.80. The zero-order valence-corrected chi connectivity index (χ0v) is 6.48. The van der Waals surface area contributed by atoms with Crippen LogP contribution in [0.4, 0.5) is 0 Å². The Kier molecular flexibility index (Phi) is 2.01. The Labute approximate surface area is 57.8 Å². The van der Waals surface area contributed by atoms with Crippen LogP contribution in [-0.4, -0.2) is 16.5 Å². The number of halogens is 1. The fourth-order valence-electron chi connectivity index (χ4n) is 0.459. The molecule has 0 radical (unpaired) electrons. The van der Waals surface area contributed by atoms with Crippen molar-refractivity contribution in [3.8, 4) is 6.07 Å². The summed E-state index contributed by atoms with van der Waals surface area (Å²) in [6.45, 7) is 0. The molecule has 2 unspecified atom stereocenters. The molecule has 0 saturated carbocycles. The lowest BCUT2D eigenvalue weighted by atomic mass is 10.4. The summed E-state index contributed by atoms with van der Waals surface area (Å²) in [6.07, 6.45) is 0. The second-order valence-electron chi connectivity index (χ2n) is 1.42. The van der Waals surface area contributed by atoms with E-state index in [9.17, 15) is 0 Å². The highest BCUT2D eigenvalue weighted by molar-refractivity contribution is 9.10. The summed E-state index contributed by atoms with van der Waals surface area (Å²) in [6, 6.07) is 2.09. The molecule has 4 heteroatoms. The molecular formula is C4H4BrN2P. The number of hydrogen-bond donors (Lipinski definition) is 1. The van der Waals surface area contributed by atoms with Gasteiger partial charge in [0.15, 0.2) is 0 Å². The Hall–Kier alpha value is 0.1000. The Bertz CT molecular complexity index is 151. The first kappa shape index (κ1) is 6.22. The zero-order valence-electron chi connectivity index (χ0n) is 4.00. The number of nitrogens with zero attached hydrogens (tertiary/aromatic N) is 1. The van der Waals surface area contributed by atoms with Crippen molar-refractivity contribution in [1.82, 2.24) is 5.32 Å². The quantitative estimate of drug-likeness (QED) is 0.456. The largest absolute Gasteiger partial charge is 0.274 e. The zero-order chi connectivity index (χ0) is 5.98. The predicted molar refractivity (Wildman–Crippen MR) is 38.2 cm³/mol. The van der Waals surface area contributed by atoms with E-state index >= 15 is 0 Å². The highest BCUT2D eigenvalue weighted by Crippen LogP contribution is 2.22. The Morgan fingerprint density at radius 3 is 2.88 bits per heavy atom. The molecule has 0 spiro atoms. The summed E-state index contributed by atoms with van der Waals surface area (Å²) in [7, 11) is 1.16. The first-order chi connectivity index (χ1) is 3.84. The highest BCUT2D eigenvalue weighted by atomic mass is 79.9. The van der Waals surface area contributed by atoms with Crippen molar-refractivity contribution < 1.29 is 0 Å². The van der Waals surface area contributed by atoms with E-state index in [0.29, 0.717) is 0 Å². The third kappa shape index (κ3) is 1.08. The van der Waals surface area contributed by atoms with Gasteiger partial charge >= 0.3 is 0 Å². The monoisotopic (exact) mass is 190 g/mol. The van der Waals surface area contributed by atoms with Crippen LogP contribution in [0.15, 0.2) is 0 Å². The molecule has 0 aromatic carbocycles. The lowest BCUT2D eigenvalue weighted by molar-refractivity contribution is 0.843. The fraction of sp³-hybridized carbons (Fsp3) is 0.500. The second-order valence-corrected chi connectivity index (χ2v) is 4.23. The summed E-state index contributed by atoms with van der Waals surface area (Å²) in [5.41, 5.74) is 0. The molecule has 8 heavy (non-hydrogen) atoms. The molecule has 1 heterocycles. The van der Waals surface area contributed by atoms with Gasteiger partial charge in [0.1, 0.15) is 6.04 Å². The smallest absolute Gasteiger partial charge is 0.119 e. The molecule has 1 rings (SSSR count). The second kappa shape index (κ2) is 2.59. The topological polar surface area (TPSA) is 35.8 Å². The van der Waals surface area contributed by atoms with Gasteiger partial charge in [-0.05, 0) is 0 Å². The van der Waals surface area contributed by atoms with Crippen molar-refractivity contribution in [2.75, 3.05) is 0 Å². The number of nitrogens with one attached hydrogen (secondary N) is 1. The van der Waals surface area contributed by atoms with E-state index in [4.69, 9.17) is 5.26 Å². The molecule has 0 amide bonds. The van der Waals surface area contributed by atoms with Crippen molar-refractivity contribution in [2.45, 2.75) is 10.6 Å². The minimum atomic E-state index is -0.0309. The van der Waals surface area contributed by atoms with E-state index in [-0.39, 0.29) is 10.6 Å². The minimum absolute atomic E-state index is 0.0309. The van der Waals surface area contributed by atoms with Crippen molar-refractivity contribution >= 4 is 30.1 Å². The van der Waals surface area contributed by atoms with Gasteiger partial charge < -0.3 is 0 Å². The molecule has 42 valence electrons. The van der Waals surface area contributed by atoms with Crippen molar-refractivity contribution in [3.63, 3.8) is 0 Å². The maximum Gasteiger partial charge on any atom is 0.119 e. The number of hydrogen-bond acceptors (Lipinski definition) is 2. The van der Waals surface area contributed by atoms with Crippen LogP contribution in [0.25, 0.3) is 0 Å². The van der Waals surface area contributed by atoms with E-state index in [0.717, 1.165) is 8.20 Å². The van der Waals surface area contributed by atoms with Crippen LogP contribution < -0.4 is 5.32 Å². The van der Waals surface area contributed by atoms with E-state index < -0.39 is 0 Å². The van der Waals surface area contributed by atoms with Crippen LogP contribution in [-0.2, 0) is 0 Å². The van der Waals surface area contributed by atoms with E-state index in [1.54, 1.807) is 0 Å². The van der Waals surface area contributed by atoms with Crippen molar-refractivity contribution in [1.29, 1.82) is 5.26 Å². The third-order valence-electron chi connectivity index (χ3n) is 0.885. The first-order valence-electron chi connectivity index (χ1n) is 2.16. The average Bonchev–Trinajstić information content (AvgIpc) is 2.14. The van der Waals surface area contributed by atoms with Crippen LogP contribution in [0.3, 0.4) is 0 Å². The standard InChI is InChI=1S/C4H4BrN2P/c5-4-3(1-6)7-2-8-4/h2-4,7H. The van der Waals surface area contributed by atoms with Crippen LogP contribution in [0.1, 0.15) is 0 Å². The van der Waals surface area contributed by atoms with Gasteiger partial charge in [-0.15, -0.1) is 0 Å². The molecule has 1 aliphatic heterocycles. The van der Waals surface area contributed by atoms with Gasteiger partial charge in [-0.2, -0.15) is 5.26 Å². The van der Waals surface area contributed by atoms with Gasteiger partial charge in [-0.25, -0.2) is 0 Å². The highest BCUT2D eigenvalue weighted by Gasteiger charge is 2.18. The number of rotatable bonds is 0. The van der Waals surface area contributed by atoms with E-state index in [1.807, 2.05) is 5.92 Å². The van der Waals surface area contributed by atoms with Gasteiger partial charge in [0.05, 0.1) is 10.6 Å². The van der Waals surface area contributed by atoms with Gasteiger partial charge in [0.25, 0.3) is 0 Å². The Morgan fingerprint density at radius 2 is 2.62 bits per heavy atom. The number of nitriles is 1. The van der Waals surface area contributed by atoms with Crippen LogP contribution in [0.5, 0.6) is 0 Å².